The minimum absolute atomic E-state index is 0.163. The van der Waals surface area contributed by atoms with Crippen LogP contribution < -0.4 is 10.5 Å². The zero-order valence-corrected chi connectivity index (χ0v) is 13.6. The van der Waals surface area contributed by atoms with Crippen molar-refractivity contribution >= 4 is 50.2 Å². The van der Waals surface area contributed by atoms with Crippen LogP contribution in [0.4, 0.5) is 5.69 Å². The molecule has 0 aliphatic heterocycles. The van der Waals surface area contributed by atoms with Crippen LogP contribution in [0.15, 0.2) is 28.5 Å². The second kappa shape index (κ2) is 5.91. The van der Waals surface area contributed by atoms with Gasteiger partial charge in [-0.05, 0) is 30.7 Å². The molecule has 2 aromatic rings. The van der Waals surface area contributed by atoms with Crippen LogP contribution in [-0.2, 0) is 16.6 Å². The Hall–Kier alpha value is -0.790. The third-order valence-corrected chi connectivity index (χ3v) is 5.81. The van der Waals surface area contributed by atoms with E-state index in [0.29, 0.717) is 16.6 Å². The number of hydrogen-bond donors (Lipinski definition) is 2. The SMILES string of the molecule is Cc1cc(Cl)c(NS(=O)(=O)c2csc(CN)c2)cc1Cl. The highest BCUT2D eigenvalue weighted by molar-refractivity contribution is 7.92. The van der Waals surface area contributed by atoms with Gasteiger partial charge in [-0.25, -0.2) is 8.42 Å². The van der Waals surface area contributed by atoms with Gasteiger partial charge in [0.05, 0.1) is 15.6 Å². The third-order valence-electron chi connectivity index (χ3n) is 2.63. The van der Waals surface area contributed by atoms with Gasteiger partial charge < -0.3 is 5.73 Å². The molecule has 0 aliphatic carbocycles. The van der Waals surface area contributed by atoms with E-state index >= 15 is 0 Å². The van der Waals surface area contributed by atoms with E-state index in [0.717, 1.165) is 10.4 Å². The average Bonchev–Trinajstić information content (AvgIpc) is 2.85. The number of nitrogens with one attached hydrogen (secondary N) is 1. The van der Waals surface area contributed by atoms with E-state index in [1.54, 1.807) is 13.0 Å². The number of sulfonamides is 1. The smallest absolute Gasteiger partial charge is 0.262 e. The van der Waals surface area contributed by atoms with Gasteiger partial charge in [-0.2, -0.15) is 0 Å². The van der Waals surface area contributed by atoms with E-state index < -0.39 is 10.0 Å². The van der Waals surface area contributed by atoms with Gasteiger partial charge in [-0.15, -0.1) is 11.3 Å². The highest BCUT2D eigenvalue weighted by Gasteiger charge is 2.18. The first-order valence-electron chi connectivity index (χ1n) is 5.59. The summed E-state index contributed by atoms with van der Waals surface area (Å²) in [6.45, 7) is 2.09. The second-order valence-corrected chi connectivity index (χ2v) is 7.63. The molecule has 1 aromatic carbocycles. The molecule has 2 rings (SSSR count). The van der Waals surface area contributed by atoms with E-state index in [1.807, 2.05) is 0 Å². The third kappa shape index (κ3) is 3.27. The second-order valence-electron chi connectivity index (χ2n) is 4.14. The Labute approximate surface area is 131 Å². The van der Waals surface area contributed by atoms with Crippen LogP contribution in [-0.4, -0.2) is 8.42 Å². The maximum atomic E-state index is 12.2. The summed E-state index contributed by atoms with van der Waals surface area (Å²) in [5.41, 5.74) is 6.51. The van der Waals surface area contributed by atoms with Crippen LogP contribution in [0, 0.1) is 6.92 Å². The van der Waals surface area contributed by atoms with Gasteiger partial charge in [0.15, 0.2) is 0 Å². The van der Waals surface area contributed by atoms with Crippen LogP contribution in [0.5, 0.6) is 0 Å². The molecule has 8 heteroatoms. The van der Waals surface area contributed by atoms with Crippen molar-refractivity contribution in [2.45, 2.75) is 18.4 Å². The van der Waals surface area contributed by atoms with Crippen molar-refractivity contribution in [3.05, 3.63) is 44.1 Å². The molecule has 3 N–H and O–H groups in total. The van der Waals surface area contributed by atoms with Gasteiger partial charge in [0.1, 0.15) is 0 Å². The Bertz CT molecular complexity index is 742. The number of rotatable bonds is 4. The maximum absolute atomic E-state index is 12.2. The predicted octanol–water partition coefficient (Wildman–Crippen LogP) is 3.62. The van der Waals surface area contributed by atoms with Gasteiger partial charge in [0.25, 0.3) is 10.0 Å². The summed E-state index contributed by atoms with van der Waals surface area (Å²) in [4.78, 5) is 0.953. The van der Waals surface area contributed by atoms with Gasteiger partial charge in [0.2, 0.25) is 0 Å². The Morgan fingerprint density at radius 3 is 2.55 bits per heavy atom. The van der Waals surface area contributed by atoms with Crippen molar-refractivity contribution in [1.29, 1.82) is 0 Å². The van der Waals surface area contributed by atoms with E-state index in [4.69, 9.17) is 28.9 Å². The van der Waals surface area contributed by atoms with Crippen molar-refractivity contribution in [3.8, 4) is 0 Å². The predicted molar refractivity (Wildman–Crippen MR) is 84.2 cm³/mol. The molecular weight excluding hydrogens is 339 g/mol. The zero-order chi connectivity index (χ0) is 14.9. The van der Waals surface area contributed by atoms with Crippen LogP contribution >= 0.6 is 34.5 Å². The van der Waals surface area contributed by atoms with Crippen LogP contribution in [0.1, 0.15) is 10.4 Å². The lowest BCUT2D eigenvalue weighted by molar-refractivity contribution is 0.601. The van der Waals surface area contributed by atoms with Crippen molar-refractivity contribution in [1.82, 2.24) is 0 Å². The summed E-state index contributed by atoms with van der Waals surface area (Å²) in [6.07, 6.45) is 0. The van der Waals surface area contributed by atoms with Gasteiger partial charge in [0, 0.05) is 21.8 Å². The first-order chi connectivity index (χ1) is 9.33. The summed E-state index contributed by atoms with van der Waals surface area (Å²) in [5.74, 6) is 0. The number of aryl methyl sites for hydroxylation is 1. The lowest BCUT2D eigenvalue weighted by atomic mass is 10.2. The van der Waals surface area contributed by atoms with E-state index in [9.17, 15) is 8.42 Å². The molecule has 4 nitrogen and oxygen atoms in total. The Morgan fingerprint density at radius 1 is 1.25 bits per heavy atom. The molecule has 0 spiro atoms. The van der Waals surface area contributed by atoms with Crippen molar-refractivity contribution in [2.75, 3.05) is 4.72 Å². The number of hydrogen-bond acceptors (Lipinski definition) is 4. The van der Waals surface area contributed by atoms with Gasteiger partial charge >= 0.3 is 0 Å². The monoisotopic (exact) mass is 350 g/mol. The highest BCUT2D eigenvalue weighted by atomic mass is 35.5. The number of halogens is 2. The molecule has 1 heterocycles. The average molecular weight is 351 g/mol. The molecule has 1 aromatic heterocycles. The Kier molecular flexibility index (Phi) is 4.61. The maximum Gasteiger partial charge on any atom is 0.262 e. The molecular formula is C12H12Cl2N2O2S2. The van der Waals surface area contributed by atoms with Crippen molar-refractivity contribution < 1.29 is 8.42 Å². The molecule has 0 radical (unpaired) electrons. The molecule has 108 valence electrons. The normalized spacial score (nSPS) is 11.6. The number of anilines is 1. The van der Waals surface area contributed by atoms with Crippen LogP contribution in [0.3, 0.4) is 0 Å². The summed E-state index contributed by atoms with van der Waals surface area (Å²) >= 11 is 13.3. The molecule has 0 atom stereocenters. The number of nitrogens with two attached hydrogens (primary N) is 1. The van der Waals surface area contributed by atoms with Crippen molar-refractivity contribution in [2.24, 2.45) is 5.73 Å². The highest BCUT2D eigenvalue weighted by Crippen LogP contribution is 2.31. The fourth-order valence-corrected chi connectivity index (χ4v) is 4.25. The lowest BCUT2D eigenvalue weighted by Crippen LogP contribution is -2.12. The van der Waals surface area contributed by atoms with Crippen molar-refractivity contribution in [3.63, 3.8) is 0 Å². The van der Waals surface area contributed by atoms with E-state index in [1.165, 1.54) is 28.8 Å². The molecule has 20 heavy (non-hydrogen) atoms. The molecule has 0 bridgehead atoms. The summed E-state index contributed by atoms with van der Waals surface area (Å²) in [7, 11) is -3.69. The largest absolute Gasteiger partial charge is 0.326 e. The Balaban J connectivity index is 2.35. The minimum atomic E-state index is -3.69. The topological polar surface area (TPSA) is 72.2 Å². The fraction of sp³-hybridized carbons (Fsp3) is 0.167. The fourth-order valence-electron chi connectivity index (χ4n) is 1.54. The summed E-state index contributed by atoms with van der Waals surface area (Å²) in [5, 5.41) is 2.28. The lowest BCUT2D eigenvalue weighted by Gasteiger charge is -2.10. The summed E-state index contributed by atoms with van der Waals surface area (Å²) in [6, 6.07) is 4.64. The van der Waals surface area contributed by atoms with E-state index in [-0.39, 0.29) is 10.6 Å². The number of thiophene rings is 1. The van der Waals surface area contributed by atoms with Crippen LogP contribution in [0.25, 0.3) is 0 Å². The van der Waals surface area contributed by atoms with E-state index in [2.05, 4.69) is 4.72 Å². The Morgan fingerprint density at radius 2 is 1.95 bits per heavy atom. The summed E-state index contributed by atoms with van der Waals surface area (Å²) < 4.78 is 26.9. The molecule has 0 saturated heterocycles. The van der Waals surface area contributed by atoms with Gasteiger partial charge in [-0.3, -0.25) is 4.72 Å². The molecule has 0 amide bonds. The molecule has 0 fully saturated rings. The first-order valence-corrected chi connectivity index (χ1v) is 8.71. The quantitative estimate of drug-likeness (QED) is 0.884. The molecule has 0 unspecified atom stereocenters. The van der Waals surface area contributed by atoms with Gasteiger partial charge in [-0.1, -0.05) is 23.2 Å². The standard InChI is InChI=1S/C12H12Cl2N2O2S2/c1-7-2-11(14)12(4-10(7)13)16-20(17,18)9-3-8(5-15)19-6-9/h2-4,6,16H,5,15H2,1H3. The first kappa shape index (κ1) is 15.6. The molecule has 0 aliphatic rings. The van der Waals surface area contributed by atoms with Crippen LogP contribution in [0.2, 0.25) is 10.0 Å². The number of benzene rings is 1. The minimum Gasteiger partial charge on any atom is -0.326 e. The zero-order valence-electron chi connectivity index (χ0n) is 10.5. The molecule has 0 saturated carbocycles.